The molecule has 1 aromatic heterocycles. The number of hydrogen-bond acceptors (Lipinski definition) is 7. The minimum atomic E-state index is -0.298. The van der Waals surface area contributed by atoms with Gasteiger partial charge in [-0.15, -0.1) is 0 Å². The zero-order valence-corrected chi connectivity index (χ0v) is 25.0. The summed E-state index contributed by atoms with van der Waals surface area (Å²) in [6, 6.07) is 35.6. The molecule has 1 saturated heterocycles. The number of para-hydroxylation sites is 1. The number of hydrogen-bond donors (Lipinski definition) is 0. The molecule has 0 N–H and O–H groups in total. The number of likely N-dealkylation sites (tertiary alicyclic amines) is 1. The molecule has 0 radical (unpaired) electrons. The third-order valence-corrected chi connectivity index (χ3v) is 8.04. The summed E-state index contributed by atoms with van der Waals surface area (Å²) in [5.74, 6) is 3.60. The Morgan fingerprint density at radius 3 is 2.20 bits per heavy atom. The topological polar surface area (TPSA) is 74.0 Å². The van der Waals surface area contributed by atoms with E-state index in [0.29, 0.717) is 25.5 Å². The molecule has 2 atom stereocenters. The minimum absolute atomic E-state index is 0.0857. The summed E-state index contributed by atoms with van der Waals surface area (Å²) >= 11 is 0. The van der Waals surface area contributed by atoms with Crippen molar-refractivity contribution in [2.24, 2.45) is 0 Å². The number of aromatic nitrogens is 1. The van der Waals surface area contributed by atoms with Crippen LogP contribution in [0.15, 0.2) is 114 Å². The van der Waals surface area contributed by atoms with Gasteiger partial charge in [-0.25, -0.2) is 4.98 Å². The average molecular weight is 589 g/mol. The van der Waals surface area contributed by atoms with Crippen LogP contribution >= 0.6 is 0 Å². The van der Waals surface area contributed by atoms with Crippen molar-refractivity contribution in [2.45, 2.75) is 44.8 Å². The van der Waals surface area contributed by atoms with E-state index in [1.54, 1.807) is 0 Å². The van der Waals surface area contributed by atoms with E-state index < -0.39 is 0 Å². The van der Waals surface area contributed by atoms with Gasteiger partial charge in [0.2, 0.25) is 5.89 Å². The Kier molecular flexibility index (Phi) is 9.03. The van der Waals surface area contributed by atoms with Crippen molar-refractivity contribution in [3.8, 4) is 28.7 Å². The number of esters is 1. The van der Waals surface area contributed by atoms with E-state index >= 15 is 0 Å². The Bertz CT molecular complexity index is 1650. The highest BCUT2D eigenvalue weighted by molar-refractivity contribution is 5.76. The van der Waals surface area contributed by atoms with Crippen molar-refractivity contribution in [1.29, 1.82) is 0 Å². The summed E-state index contributed by atoms with van der Waals surface area (Å²) in [6.07, 6.45) is 2.26. The standard InChI is InChI=1S/C37H36N2O5/c1-26-33(38-36(43-26)29-9-5-3-6-10-29)23-24-42-30-19-15-28(16-20-30)34-21-22-35(37(40)41-2)39(34)25-27-13-17-32(18-14-27)44-31-11-7-4-8-12-31/h3-20,34-35H,21-25H2,1-2H3. The first-order valence-electron chi connectivity index (χ1n) is 15.0. The van der Waals surface area contributed by atoms with Crippen molar-refractivity contribution in [2.75, 3.05) is 13.7 Å². The number of benzene rings is 4. The highest BCUT2D eigenvalue weighted by atomic mass is 16.5. The highest BCUT2D eigenvalue weighted by Crippen LogP contribution is 2.38. The van der Waals surface area contributed by atoms with Crippen LogP contribution in [0.5, 0.6) is 17.2 Å². The zero-order chi connectivity index (χ0) is 30.3. The molecular weight excluding hydrogens is 552 g/mol. The van der Waals surface area contributed by atoms with Gasteiger partial charge >= 0.3 is 5.97 Å². The molecule has 1 fully saturated rings. The van der Waals surface area contributed by atoms with Crippen molar-refractivity contribution in [3.05, 3.63) is 132 Å². The maximum absolute atomic E-state index is 12.7. The Hall–Kier alpha value is -4.88. The van der Waals surface area contributed by atoms with Crippen LogP contribution in [0.2, 0.25) is 0 Å². The number of ether oxygens (including phenoxy) is 3. The number of carbonyl (C=O) groups excluding carboxylic acids is 1. The number of oxazole rings is 1. The molecule has 1 aliphatic heterocycles. The van der Waals surface area contributed by atoms with Gasteiger partial charge in [-0.2, -0.15) is 0 Å². The fourth-order valence-electron chi connectivity index (χ4n) is 5.75. The fourth-order valence-corrected chi connectivity index (χ4v) is 5.75. The molecule has 6 rings (SSSR count). The molecule has 0 saturated carbocycles. The first-order valence-corrected chi connectivity index (χ1v) is 15.0. The molecule has 7 nitrogen and oxygen atoms in total. The van der Waals surface area contributed by atoms with E-state index in [2.05, 4.69) is 34.1 Å². The molecule has 1 aliphatic rings. The minimum Gasteiger partial charge on any atom is -0.493 e. The lowest BCUT2D eigenvalue weighted by Crippen LogP contribution is -2.37. The normalized spacial score (nSPS) is 16.5. The third-order valence-electron chi connectivity index (χ3n) is 8.04. The summed E-state index contributed by atoms with van der Waals surface area (Å²) in [5, 5.41) is 0. The Balaban J connectivity index is 1.09. The molecule has 0 aliphatic carbocycles. The molecule has 0 spiro atoms. The second kappa shape index (κ2) is 13.6. The molecule has 0 bridgehead atoms. The fraction of sp³-hybridized carbons (Fsp3) is 0.243. The molecule has 44 heavy (non-hydrogen) atoms. The van der Waals surface area contributed by atoms with Crippen LogP contribution in [0.1, 0.15) is 41.5 Å². The van der Waals surface area contributed by atoms with E-state index in [9.17, 15) is 4.79 Å². The zero-order valence-electron chi connectivity index (χ0n) is 25.0. The molecule has 2 heterocycles. The van der Waals surface area contributed by atoms with Gasteiger partial charge in [-0.3, -0.25) is 9.69 Å². The molecule has 7 heteroatoms. The lowest BCUT2D eigenvalue weighted by molar-refractivity contribution is -0.146. The maximum atomic E-state index is 12.7. The van der Waals surface area contributed by atoms with Gasteiger partial charge in [0.15, 0.2) is 0 Å². The second-order valence-electron chi connectivity index (χ2n) is 10.9. The number of rotatable bonds is 11. The number of nitrogens with zero attached hydrogens (tertiary/aromatic N) is 2. The van der Waals surface area contributed by atoms with Crippen molar-refractivity contribution in [3.63, 3.8) is 0 Å². The second-order valence-corrected chi connectivity index (χ2v) is 10.9. The van der Waals surface area contributed by atoms with Crippen molar-refractivity contribution >= 4 is 5.97 Å². The summed E-state index contributed by atoms with van der Waals surface area (Å²) in [6.45, 7) is 3.05. The van der Waals surface area contributed by atoms with Crippen LogP contribution in [0.25, 0.3) is 11.5 Å². The van der Waals surface area contributed by atoms with Gasteiger partial charge < -0.3 is 18.6 Å². The quantitative estimate of drug-likeness (QED) is 0.145. The van der Waals surface area contributed by atoms with Crippen LogP contribution in [0.3, 0.4) is 0 Å². The Labute approximate surface area is 258 Å². The molecule has 4 aromatic carbocycles. The van der Waals surface area contributed by atoms with Crippen LogP contribution in [0, 0.1) is 6.92 Å². The first kappa shape index (κ1) is 29.2. The van der Waals surface area contributed by atoms with Crippen LogP contribution < -0.4 is 9.47 Å². The Morgan fingerprint density at radius 2 is 1.50 bits per heavy atom. The van der Waals surface area contributed by atoms with Gasteiger partial charge in [-0.05, 0) is 79.4 Å². The molecule has 0 amide bonds. The lowest BCUT2D eigenvalue weighted by Gasteiger charge is -2.29. The van der Waals surface area contributed by atoms with Crippen LogP contribution in [-0.2, 0) is 22.5 Å². The van der Waals surface area contributed by atoms with Crippen LogP contribution in [-0.4, -0.2) is 35.6 Å². The molecule has 2 unspecified atom stereocenters. The van der Waals surface area contributed by atoms with Gasteiger partial charge in [0.25, 0.3) is 0 Å². The van der Waals surface area contributed by atoms with Gasteiger partial charge in [0, 0.05) is 24.6 Å². The predicted octanol–water partition coefficient (Wildman–Crippen LogP) is 7.94. The monoisotopic (exact) mass is 588 g/mol. The summed E-state index contributed by atoms with van der Waals surface area (Å²) < 4.78 is 23.1. The maximum Gasteiger partial charge on any atom is 0.323 e. The van der Waals surface area contributed by atoms with Gasteiger partial charge in [0.1, 0.15) is 29.1 Å². The average Bonchev–Trinajstić information content (AvgIpc) is 3.66. The summed E-state index contributed by atoms with van der Waals surface area (Å²) in [7, 11) is 1.46. The van der Waals surface area contributed by atoms with E-state index in [-0.39, 0.29) is 18.1 Å². The molecular formula is C37H36N2O5. The molecule has 224 valence electrons. The van der Waals surface area contributed by atoms with Crippen LogP contribution in [0.4, 0.5) is 0 Å². The summed E-state index contributed by atoms with van der Waals surface area (Å²) in [4.78, 5) is 19.6. The largest absolute Gasteiger partial charge is 0.493 e. The third kappa shape index (κ3) is 6.84. The SMILES string of the molecule is COC(=O)C1CCC(c2ccc(OCCc3nc(-c4ccccc4)oc3C)cc2)N1Cc1ccc(Oc2ccccc2)cc1. The van der Waals surface area contributed by atoms with E-state index in [4.69, 9.17) is 18.6 Å². The number of carbonyl (C=O) groups is 1. The smallest absolute Gasteiger partial charge is 0.323 e. The first-order chi connectivity index (χ1) is 21.6. The van der Waals surface area contributed by atoms with E-state index in [1.807, 2.05) is 91.9 Å². The van der Waals surface area contributed by atoms with E-state index in [0.717, 1.165) is 58.2 Å². The number of methoxy groups -OCH3 is 1. The Morgan fingerprint density at radius 1 is 0.841 bits per heavy atom. The lowest BCUT2D eigenvalue weighted by atomic mass is 10.0. The van der Waals surface area contributed by atoms with Gasteiger partial charge in [0.05, 0.1) is 19.4 Å². The molecule has 5 aromatic rings. The predicted molar refractivity (Wildman–Crippen MR) is 169 cm³/mol. The summed E-state index contributed by atoms with van der Waals surface area (Å²) in [5.41, 5.74) is 4.11. The highest BCUT2D eigenvalue weighted by Gasteiger charge is 2.39. The van der Waals surface area contributed by atoms with Gasteiger partial charge in [-0.1, -0.05) is 60.7 Å². The van der Waals surface area contributed by atoms with E-state index in [1.165, 1.54) is 7.11 Å². The van der Waals surface area contributed by atoms with Crippen molar-refractivity contribution in [1.82, 2.24) is 9.88 Å². The number of aryl methyl sites for hydroxylation is 1. The van der Waals surface area contributed by atoms with Crippen molar-refractivity contribution < 1.29 is 23.4 Å².